The number of benzene rings is 1. The fourth-order valence-electron chi connectivity index (χ4n) is 3.94. The molecule has 1 aromatic carbocycles. The molecule has 128 valence electrons. The molecule has 3 aromatic rings. The van der Waals surface area contributed by atoms with Crippen molar-refractivity contribution >= 4 is 22.8 Å². The van der Waals surface area contributed by atoms with E-state index in [1.807, 2.05) is 24.4 Å². The quantitative estimate of drug-likeness (QED) is 0.722. The number of aromatic nitrogens is 2. The van der Waals surface area contributed by atoms with Gasteiger partial charge in [-0.05, 0) is 30.7 Å². The number of aryl methyl sites for hydroxylation is 1. The molecule has 2 unspecified atom stereocenters. The van der Waals surface area contributed by atoms with Crippen LogP contribution in [0.4, 0.5) is 0 Å². The molecule has 0 N–H and O–H groups in total. The van der Waals surface area contributed by atoms with Crippen molar-refractivity contribution in [2.75, 3.05) is 7.05 Å². The molecule has 4 heteroatoms. The Morgan fingerprint density at radius 2 is 1.92 bits per heavy atom. The van der Waals surface area contributed by atoms with E-state index in [-0.39, 0.29) is 6.04 Å². The van der Waals surface area contributed by atoms with Gasteiger partial charge in [-0.15, -0.1) is 0 Å². The number of para-hydroxylation sites is 1. The minimum absolute atomic E-state index is 0.160. The van der Waals surface area contributed by atoms with E-state index < -0.39 is 0 Å². The van der Waals surface area contributed by atoms with Crippen molar-refractivity contribution in [3.63, 3.8) is 0 Å². The minimum Gasteiger partial charge on any atom is -0.354 e. The summed E-state index contributed by atoms with van der Waals surface area (Å²) in [4.78, 5) is 16.6. The molecule has 2 aliphatic rings. The lowest BCUT2D eigenvalue weighted by Gasteiger charge is -2.27. The van der Waals surface area contributed by atoms with E-state index in [0.717, 1.165) is 35.6 Å². The van der Waals surface area contributed by atoms with Crippen molar-refractivity contribution in [2.45, 2.75) is 24.9 Å². The number of hydrogen-bond acceptors (Lipinski definition) is 4. The zero-order valence-electron chi connectivity index (χ0n) is 14.7. The number of nitrogens with zero attached hydrogens (tertiary/aromatic N) is 4. The summed E-state index contributed by atoms with van der Waals surface area (Å²) < 4.78 is 0. The number of pyridine rings is 2. The lowest BCUT2D eigenvalue weighted by molar-refractivity contribution is 0.409. The van der Waals surface area contributed by atoms with Crippen LogP contribution in [0.15, 0.2) is 65.8 Å². The van der Waals surface area contributed by atoms with E-state index in [0.29, 0.717) is 6.04 Å². The number of likely N-dealkylation sites (N-methyl/N-ethyl adjacent to an activating group) is 1. The Hall–Kier alpha value is -3.01. The van der Waals surface area contributed by atoms with E-state index in [1.54, 1.807) is 0 Å². The Balaban J connectivity index is 1.38. The summed E-state index contributed by atoms with van der Waals surface area (Å²) in [6.45, 7) is 0. The molecule has 2 aromatic heterocycles. The SMILES string of the molecule is CN1C(CCc2ccc3ccccc3n2)=NC2c3cccnc3C=CC21. The van der Waals surface area contributed by atoms with Crippen molar-refractivity contribution in [1.29, 1.82) is 0 Å². The smallest absolute Gasteiger partial charge is 0.103 e. The average Bonchev–Trinajstić information content (AvgIpc) is 3.02. The Morgan fingerprint density at radius 3 is 2.88 bits per heavy atom. The second-order valence-electron chi connectivity index (χ2n) is 6.92. The predicted molar refractivity (Wildman–Crippen MR) is 105 cm³/mol. The highest BCUT2D eigenvalue weighted by Crippen LogP contribution is 2.37. The number of amidine groups is 1. The van der Waals surface area contributed by atoms with E-state index >= 15 is 0 Å². The van der Waals surface area contributed by atoms with Crippen LogP contribution in [-0.2, 0) is 6.42 Å². The molecule has 0 amide bonds. The molecular formula is C22H20N4. The molecule has 26 heavy (non-hydrogen) atoms. The topological polar surface area (TPSA) is 41.4 Å². The maximum Gasteiger partial charge on any atom is 0.103 e. The van der Waals surface area contributed by atoms with Crippen molar-refractivity contribution in [1.82, 2.24) is 14.9 Å². The number of aliphatic imine (C=N–C) groups is 1. The van der Waals surface area contributed by atoms with E-state index in [1.165, 1.54) is 10.9 Å². The van der Waals surface area contributed by atoms with Gasteiger partial charge in [0.2, 0.25) is 0 Å². The van der Waals surface area contributed by atoms with Gasteiger partial charge >= 0.3 is 0 Å². The van der Waals surface area contributed by atoms with Crippen LogP contribution < -0.4 is 0 Å². The van der Waals surface area contributed by atoms with Crippen LogP contribution in [0.25, 0.3) is 17.0 Å². The van der Waals surface area contributed by atoms with Crippen LogP contribution in [0.2, 0.25) is 0 Å². The second kappa shape index (κ2) is 6.06. The summed E-state index contributed by atoms with van der Waals surface area (Å²) in [5.41, 5.74) is 4.45. The summed E-state index contributed by atoms with van der Waals surface area (Å²) in [5.74, 6) is 1.15. The van der Waals surface area contributed by atoms with Gasteiger partial charge in [-0.3, -0.25) is 15.0 Å². The second-order valence-corrected chi connectivity index (χ2v) is 6.92. The molecule has 0 radical (unpaired) electrons. The third-order valence-corrected chi connectivity index (χ3v) is 5.37. The van der Waals surface area contributed by atoms with Crippen LogP contribution in [0.3, 0.4) is 0 Å². The third kappa shape index (κ3) is 2.49. The van der Waals surface area contributed by atoms with Crippen LogP contribution >= 0.6 is 0 Å². The lowest BCUT2D eigenvalue weighted by Crippen LogP contribution is -2.33. The summed E-state index contributed by atoms with van der Waals surface area (Å²) in [6.07, 6.45) is 7.99. The zero-order valence-corrected chi connectivity index (χ0v) is 14.7. The van der Waals surface area contributed by atoms with Gasteiger partial charge in [0.1, 0.15) is 11.9 Å². The summed E-state index contributed by atoms with van der Waals surface area (Å²) in [7, 11) is 2.14. The molecule has 2 atom stereocenters. The number of hydrogen-bond donors (Lipinski definition) is 0. The van der Waals surface area contributed by atoms with Gasteiger partial charge in [-0.1, -0.05) is 36.4 Å². The highest BCUT2D eigenvalue weighted by atomic mass is 15.3. The fourth-order valence-corrected chi connectivity index (χ4v) is 3.94. The maximum atomic E-state index is 5.03. The van der Waals surface area contributed by atoms with Gasteiger partial charge in [0, 0.05) is 36.3 Å². The molecule has 0 fully saturated rings. The highest BCUT2D eigenvalue weighted by molar-refractivity contribution is 5.86. The molecular weight excluding hydrogens is 320 g/mol. The molecule has 0 bridgehead atoms. The van der Waals surface area contributed by atoms with Crippen LogP contribution in [-0.4, -0.2) is 33.8 Å². The molecule has 1 aliphatic carbocycles. The first-order valence-corrected chi connectivity index (χ1v) is 9.07. The van der Waals surface area contributed by atoms with Gasteiger partial charge < -0.3 is 4.90 Å². The molecule has 0 saturated heterocycles. The molecule has 5 rings (SSSR count). The molecule has 0 spiro atoms. The fraction of sp³-hybridized carbons (Fsp3) is 0.227. The van der Waals surface area contributed by atoms with E-state index in [4.69, 9.17) is 9.98 Å². The molecule has 3 heterocycles. The van der Waals surface area contributed by atoms with E-state index in [9.17, 15) is 0 Å². The minimum atomic E-state index is 0.160. The monoisotopic (exact) mass is 340 g/mol. The molecule has 0 saturated carbocycles. The molecule has 4 nitrogen and oxygen atoms in total. The van der Waals surface area contributed by atoms with Crippen LogP contribution in [0.1, 0.15) is 29.4 Å². The van der Waals surface area contributed by atoms with E-state index in [2.05, 4.69) is 59.4 Å². The Labute approximate surface area is 152 Å². The average molecular weight is 340 g/mol. The predicted octanol–water partition coefficient (Wildman–Crippen LogP) is 4.04. The van der Waals surface area contributed by atoms with Crippen molar-refractivity contribution in [2.24, 2.45) is 4.99 Å². The normalized spacial score (nSPS) is 20.8. The summed E-state index contributed by atoms with van der Waals surface area (Å²) in [5, 5.41) is 1.19. The van der Waals surface area contributed by atoms with Crippen LogP contribution in [0.5, 0.6) is 0 Å². The van der Waals surface area contributed by atoms with Crippen molar-refractivity contribution < 1.29 is 0 Å². The maximum absolute atomic E-state index is 5.03. The zero-order chi connectivity index (χ0) is 17.5. The summed E-state index contributed by atoms with van der Waals surface area (Å²) >= 11 is 0. The Morgan fingerprint density at radius 1 is 1.00 bits per heavy atom. The highest BCUT2D eigenvalue weighted by Gasteiger charge is 2.36. The number of fused-ring (bicyclic) bond motifs is 4. The lowest BCUT2D eigenvalue weighted by atomic mass is 9.93. The van der Waals surface area contributed by atoms with Crippen LogP contribution in [0, 0.1) is 0 Å². The standard InChI is InChI=1S/C22H20N4/c1-26-20-12-11-19-17(6-4-14-23-19)22(20)25-21(26)13-10-16-9-8-15-5-2-3-7-18(15)24-16/h2-9,11-12,14,20,22H,10,13H2,1H3. The number of rotatable bonds is 3. The van der Waals surface area contributed by atoms with Gasteiger partial charge in [0.05, 0.1) is 17.3 Å². The Kier molecular flexibility index (Phi) is 3.56. The van der Waals surface area contributed by atoms with Crippen molar-refractivity contribution in [3.8, 4) is 0 Å². The largest absolute Gasteiger partial charge is 0.354 e. The summed E-state index contributed by atoms with van der Waals surface area (Å²) in [6, 6.07) is 17.1. The first kappa shape index (κ1) is 15.3. The van der Waals surface area contributed by atoms with Gasteiger partial charge in [0.25, 0.3) is 0 Å². The van der Waals surface area contributed by atoms with Gasteiger partial charge in [-0.2, -0.15) is 0 Å². The first-order valence-electron chi connectivity index (χ1n) is 9.07. The third-order valence-electron chi connectivity index (χ3n) is 5.37. The first-order chi connectivity index (χ1) is 12.8. The molecule has 1 aliphatic heterocycles. The van der Waals surface area contributed by atoms with Gasteiger partial charge in [0.15, 0.2) is 0 Å². The van der Waals surface area contributed by atoms with Gasteiger partial charge in [-0.25, -0.2) is 0 Å². The van der Waals surface area contributed by atoms with Crippen molar-refractivity contribution in [3.05, 3.63) is 77.8 Å². The Bertz CT molecular complexity index is 1040.